The fourth-order valence-electron chi connectivity index (χ4n) is 2.26. The van der Waals surface area contributed by atoms with Gasteiger partial charge in [-0.2, -0.15) is 0 Å². The van der Waals surface area contributed by atoms with Crippen LogP contribution in [-0.2, 0) is 9.53 Å². The summed E-state index contributed by atoms with van der Waals surface area (Å²) in [6, 6.07) is 3.62. The van der Waals surface area contributed by atoms with E-state index in [0.29, 0.717) is 37.7 Å². The summed E-state index contributed by atoms with van der Waals surface area (Å²) >= 11 is 1.40. The normalized spacial score (nSPS) is 14.5. The maximum Gasteiger partial charge on any atom is 0.409 e. The Labute approximate surface area is 139 Å². The summed E-state index contributed by atoms with van der Waals surface area (Å²) in [5.41, 5.74) is 0. The van der Waals surface area contributed by atoms with Crippen molar-refractivity contribution in [3.8, 4) is 0 Å². The topological polar surface area (TPSA) is 79.0 Å². The van der Waals surface area contributed by atoms with Crippen LogP contribution < -0.4 is 5.32 Å². The molecule has 1 N–H and O–H groups in total. The van der Waals surface area contributed by atoms with Gasteiger partial charge in [0.05, 0.1) is 18.0 Å². The summed E-state index contributed by atoms with van der Waals surface area (Å²) in [7, 11) is 0. The maximum absolute atomic E-state index is 12.1. The highest BCUT2D eigenvalue weighted by Crippen LogP contribution is 2.14. The van der Waals surface area contributed by atoms with Gasteiger partial charge in [0.15, 0.2) is 0 Å². The van der Waals surface area contributed by atoms with Crippen molar-refractivity contribution < 1.29 is 19.1 Å². The lowest BCUT2D eigenvalue weighted by atomic mass is 10.3. The molecule has 1 aliphatic heterocycles. The second-order valence-corrected chi connectivity index (χ2v) is 6.45. The van der Waals surface area contributed by atoms with Crippen LogP contribution in [-0.4, -0.2) is 67.0 Å². The number of nitrogens with zero attached hydrogens (tertiary/aromatic N) is 2. The lowest BCUT2D eigenvalue weighted by Crippen LogP contribution is -2.52. The SMILES string of the molecule is CCOC(=O)N1CCN(C(=O)CNC(=O)c2ccc(C)s2)CC1. The Bertz CT molecular complexity index is 579. The molecule has 1 saturated heterocycles. The molecule has 0 aromatic carbocycles. The first-order valence-electron chi connectivity index (χ1n) is 7.55. The van der Waals surface area contributed by atoms with Gasteiger partial charge in [0, 0.05) is 31.1 Å². The van der Waals surface area contributed by atoms with Crippen molar-refractivity contribution in [3.63, 3.8) is 0 Å². The molecular formula is C15H21N3O4S. The number of carbonyl (C=O) groups excluding carboxylic acids is 3. The molecule has 2 heterocycles. The molecular weight excluding hydrogens is 318 g/mol. The number of aryl methyl sites for hydroxylation is 1. The second kappa shape index (κ2) is 7.96. The third kappa shape index (κ3) is 4.69. The molecule has 8 heteroatoms. The standard InChI is InChI=1S/C15H21N3O4S/c1-3-22-15(21)18-8-6-17(7-9-18)13(19)10-16-14(20)12-5-4-11(2)23-12/h4-5H,3,6-10H2,1-2H3,(H,16,20). The molecule has 1 aromatic heterocycles. The highest BCUT2D eigenvalue weighted by Gasteiger charge is 2.24. The zero-order valence-electron chi connectivity index (χ0n) is 13.3. The van der Waals surface area contributed by atoms with E-state index in [1.807, 2.05) is 13.0 Å². The second-order valence-electron chi connectivity index (χ2n) is 5.16. The maximum atomic E-state index is 12.1. The molecule has 3 amide bonds. The molecule has 0 radical (unpaired) electrons. The molecule has 2 rings (SSSR count). The smallest absolute Gasteiger partial charge is 0.409 e. The number of nitrogens with one attached hydrogen (secondary N) is 1. The number of amides is 3. The minimum atomic E-state index is -0.346. The van der Waals surface area contributed by atoms with Gasteiger partial charge in [0.25, 0.3) is 5.91 Å². The summed E-state index contributed by atoms with van der Waals surface area (Å²) in [6.07, 6.45) is -0.346. The molecule has 23 heavy (non-hydrogen) atoms. The van der Waals surface area contributed by atoms with E-state index in [0.717, 1.165) is 4.88 Å². The lowest BCUT2D eigenvalue weighted by Gasteiger charge is -2.34. The van der Waals surface area contributed by atoms with Crippen LogP contribution in [0.3, 0.4) is 0 Å². The number of rotatable bonds is 4. The van der Waals surface area contributed by atoms with E-state index < -0.39 is 0 Å². The molecule has 0 bridgehead atoms. The predicted octanol–water partition coefficient (Wildman–Crippen LogP) is 1.09. The number of hydrogen-bond donors (Lipinski definition) is 1. The van der Waals surface area contributed by atoms with Crippen molar-refractivity contribution in [1.82, 2.24) is 15.1 Å². The predicted molar refractivity (Wildman–Crippen MR) is 86.6 cm³/mol. The number of piperazine rings is 1. The monoisotopic (exact) mass is 339 g/mol. The van der Waals surface area contributed by atoms with E-state index in [-0.39, 0.29) is 24.5 Å². The zero-order valence-corrected chi connectivity index (χ0v) is 14.1. The van der Waals surface area contributed by atoms with Crippen molar-refractivity contribution >= 4 is 29.2 Å². The van der Waals surface area contributed by atoms with E-state index in [2.05, 4.69) is 5.32 Å². The van der Waals surface area contributed by atoms with Gasteiger partial charge < -0.3 is 19.9 Å². The molecule has 1 aromatic rings. The van der Waals surface area contributed by atoms with E-state index in [9.17, 15) is 14.4 Å². The highest BCUT2D eigenvalue weighted by atomic mass is 32.1. The van der Waals surface area contributed by atoms with Crippen molar-refractivity contribution in [3.05, 3.63) is 21.9 Å². The third-order valence-electron chi connectivity index (χ3n) is 3.52. The molecule has 0 aliphatic carbocycles. The van der Waals surface area contributed by atoms with E-state index in [1.165, 1.54) is 11.3 Å². The Balaban J connectivity index is 1.75. The van der Waals surface area contributed by atoms with Crippen molar-refractivity contribution in [2.45, 2.75) is 13.8 Å². The Kier molecular flexibility index (Phi) is 5.97. The van der Waals surface area contributed by atoms with E-state index in [1.54, 1.807) is 22.8 Å². The quantitative estimate of drug-likeness (QED) is 0.890. The summed E-state index contributed by atoms with van der Waals surface area (Å²) in [5, 5.41) is 2.64. The van der Waals surface area contributed by atoms with Crippen LogP contribution in [0.15, 0.2) is 12.1 Å². The summed E-state index contributed by atoms with van der Waals surface area (Å²) in [5.74, 6) is -0.378. The van der Waals surface area contributed by atoms with Gasteiger partial charge in [-0.05, 0) is 26.0 Å². The van der Waals surface area contributed by atoms with Crippen LogP contribution in [0.2, 0.25) is 0 Å². The minimum Gasteiger partial charge on any atom is -0.450 e. The summed E-state index contributed by atoms with van der Waals surface area (Å²) < 4.78 is 4.93. The van der Waals surface area contributed by atoms with Gasteiger partial charge >= 0.3 is 6.09 Å². The van der Waals surface area contributed by atoms with Crippen LogP contribution in [0.4, 0.5) is 4.79 Å². The van der Waals surface area contributed by atoms with Crippen molar-refractivity contribution in [2.24, 2.45) is 0 Å². The Morgan fingerprint density at radius 1 is 1.17 bits per heavy atom. The average molecular weight is 339 g/mol. The van der Waals surface area contributed by atoms with Gasteiger partial charge in [-0.15, -0.1) is 11.3 Å². The fourth-order valence-corrected chi connectivity index (χ4v) is 3.05. The molecule has 0 unspecified atom stereocenters. The number of ether oxygens (including phenoxy) is 1. The minimum absolute atomic E-state index is 0.0326. The molecule has 1 aliphatic rings. The Morgan fingerprint density at radius 2 is 1.83 bits per heavy atom. The zero-order chi connectivity index (χ0) is 16.8. The third-order valence-corrected chi connectivity index (χ3v) is 4.52. The largest absolute Gasteiger partial charge is 0.450 e. The average Bonchev–Trinajstić information content (AvgIpc) is 2.99. The highest BCUT2D eigenvalue weighted by molar-refractivity contribution is 7.13. The van der Waals surface area contributed by atoms with Gasteiger partial charge in [-0.1, -0.05) is 0 Å². The summed E-state index contributed by atoms with van der Waals surface area (Å²) in [6.45, 7) is 5.79. The fraction of sp³-hybridized carbons (Fsp3) is 0.533. The van der Waals surface area contributed by atoms with Crippen LogP contribution in [0.25, 0.3) is 0 Å². The Morgan fingerprint density at radius 3 is 2.39 bits per heavy atom. The molecule has 0 spiro atoms. The van der Waals surface area contributed by atoms with Gasteiger partial charge in [0.1, 0.15) is 0 Å². The van der Waals surface area contributed by atoms with Gasteiger partial charge in [0.2, 0.25) is 5.91 Å². The van der Waals surface area contributed by atoms with Gasteiger partial charge in [-0.3, -0.25) is 9.59 Å². The van der Waals surface area contributed by atoms with Crippen molar-refractivity contribution in [2.75, 3.05) is 39.3 Å². The molecule has 0 saturated carbocycles. The van der Waals surface area contributed by atoms with Crippen LogP contribution in [0, 0.1) is 6.92 Å². The number of carbonyl (C=O) groups is 3. The molecule has 0 atom stereocenters. The first-order chi connectivity index (χ1) is 11.0. The number of hydrogen-bond acceptors (Lipinski definition) is 5. The summed E-state index contributed by atoms with van der Waals surface area (Å²) in [4.78, 5) is 40.5. The molecule has 126 valence electrons. The number of thiophene rings is 1. The molecule has 7 nitrogen and oxygen atoms in total. The first kappa shape index (κ1) is 17.3. The lowest BCUT2D eigenvalue weighted by molar-refractivity contribution is -0.131. The van der Waals surface area contributed by atoms with E-state index >= 15 is 0 Å². The molecule has 1 fully saturated rings. The van der Waals surface area contributed by atoms with Gasteiger partial charge in [-0.25, -0.2) is 4.79 Å². The van der Waals surface area contributed by atoms with Crippen LogP contribution in [0.1, 0.15) is 21.5 Å². The Hall–Kier alpha value is -2.09. The van der Waals surface area contributed by atoms with Crippen LogP contribution >= 0.6 is 11.3 Å². The van der Waals surface area contributed by atoms with Crippen molar-refractivity contribution in [1.29, 1.82) is 0 Å². The van der Waals surface area contributed by atoms with E-state index in [4.69, 9.17) is 4.74 Å². The first-order valence-corrected chi connectivity index (χ1v) is 8.37. The van der Waals surface area contributed by atoms with Crippen LogP contribution in [0.5, 0.6) is 0 Å².